The molecule has 0 aromatic carbocycles. The van der Waals surface area contributed by atoms with Gasteiger partial charge in [0.2, 0.25) is 0 Å². The molecule has 0 radical (unpaired) electrons. The number of hydrogen-bond donors (Lipinski definition) is 1. The summed E-state index contributed by atoms with van der Waals surface area (Å²) < 4.78 is 0. The van der Waals surface area contributed by atoms with E-state index in [0.717, 1.165) is 11.8 Å². The number of nitrogens with zero attached hydrogens (tertiary/aromatic N) is 1. The van der Waals surface area contributed by atoms with Gasteiger partial charge in [0.1, 0.15) is 0 Å². The second-order valence-corrected chi connectivity index (χ2v) is 4.98. The molecule has 76 valence electrons. The molecule has 3 unspecified atom stereocenters. The van der Waals surface area contributed by atoms with Crippen LogP contribution in [0.2, 0.25) is 0 Å². The van der Waals surface area contributed by atoms with Gasteiger partial charge in [-0.05, 0) is 44.6 Å². The summed E-state index contributed by atoms with van der Waals surface area (Å²) in [5.74, 6) is 2.07. The molecule has 2 rings (SSSR count). The SMILES string of the molecule is CC(N)CCN1CC2CCCC2C1. The quantitative estimate of drug-likeness (QED) is 0.716. The van der Waals surface area contributed by atoms with Gasteiger partial charge in [0, 0.05) is 19.1 Å². The Hall–Kier alpha value is -0.0800. The summed E-state index contributed by atoms with van der Waals surface area (Å²) in [6, 6.07) is 0.375. The Bertz CT molecular complexity index is 155. The molecule has 13 heavy (non-hydrogen) atoms. The number of fused-ring (bicyclic) bond motifs is 1. The highest BCUT2D eigenvalue weighted by Gasteiger charge is 2.35. The van der Waals surface area contributed by atoms with E-state index in [4.69, 9.17) is 5.73 Å². The van der Waals surface area contributed by atoms with Crippen molar-refractivity contribution in [1.82, 2.24) is 4.90 Å². The van der Waals surface area contributed by atoms with Crippen LogP contribution in [0.15, 0.2) is 0 Å². The Balaban J connectivity index is 1.73. The second-order valence-electron chi connectivity index (χ2n) is 4.98. The largest absolute Gasteiger partial charge is 0.328 e. The van der Waals surface area contributed by atoms with Gasteiger partial charge >= 0.3 is 0 Å². The summed E-state index contributed by atoms with van der Waals surface area (Å²) in [6.45, 7) is 6.05. The van der Waals surface area contributed by atoms with E-state index in [1.807, 2.05) is 0 Å². The highest BCUT2D eigenvalue weighted by Crippen LogP contribution is 2.37. The molecular formula is C11H22N2. The average molecular weight is 182 g/mol. The van der Waals surface area contributed by atoms with Gasteiger partial charge in [-0.3, -0.25) is 0 Å². The summed E-state index contributed by atoms with van der Waals surface area (Å²) >= 11 is 0. The first-order chi connectivity index (χ1) is 6.25. The number of likely N-dealkylation sites (tertiary alicyclic amines) is 1. The van der Waals surface area contributed by atoms with Crippen LogP contribution in [0.25, 0.3) is 0 Å². The first-order valence-corrected chi connectivity index (χ1v) is 5.73. The average Bonchev–Trinajstić information content (AvgIpc) is 2.58. The molecule has 2 nitrogen and oxygen atoms in total. The summed E-state index contributed by atoms with van der Waals surface area (Å²) in [5.41, 5.74) is 5.76. The Kier molecular flexibility index (Phi) is 2.89. The van der Waals surface area contributed by atoms with Gasteiger partial charge in [-0.2, -0.15) is 0 Å². The normalized spacial score (nSPS) is 36.5. The fraction of sp³-hybridized carbons (Fsp3) is 1.00. The van der Waals surface area contributed by atoms with Gasteiger partial charge in [-0.1, -0.05) is 6.42 Å². The van der Waals surface area contributed by atoms with E-state index in [2.05, 4.69) is 11.8 Å². The smallest absolute Gasteiger partial charge is 0.00226 e. The van der Waals surface area contributed by atoms with Gasteiger partial charge in [-0.15, -0.1) is 0 Å². The Morgan fingerprint density at radius 2 is 1.92 bits per heavy atom. The molecule has 0 bridgehead atoms. The highest BCUT2D eigenvalue weighted by atomic mass is 15.2. The van der Waals surface area contributed by atoms with Crippen LogP contribution in [0, 0.1) is 11.8 Å². The molecule has 1 saturated carbocycles. The lowest BCUT2D eigenvalue weighted by molar-refractivity contribution is 0.299. The van der Waals surface area contributed by atoms with Gasteiger partial charge < -0.3 is 10.6 Å². The topological polar surface area (TPSA) is 29.3 Å². The molecule has 1 aliphatic heterocycles. The van der Waals surface area contributed by atoms with Gasteiger partial charge in [0.15, 0.2) is 0 Å². The van der Waals surface area contributed by atoms with Gasteiger partial charge in [0.25, 0.3) is 0 Å². The van der Waals surface area contributed by atoms with Gasteiger partial charge in [-0.25, -0.2) is 0 Å². The monoisotopic (exact) mass is 182 g/mol. The predicted molar refractivity (Wildman–Crippen MR) is 55.5 cm³/mol. The standard InChI is InChI=1S/C11H22N2/c1-9(12)5-6-13-7-10-3-2-4-11(10)8-13/h9-11H,2-8,12H2,1H3. The van der Waals surface area contributed by atoms with E-state index in [0.29, 0.717) is 6.04 Å². The molecule has 0 aromatic heterocycles. The minimum absolute atomic E-state index is 0.375. The van der Waals surface area contributed by atoms with E-state index in [9.17, 15) is 0 Å². The molecule has 2 aliphatic rings. The van der Waals surface area contributed by atoms with Crippen LogP contribution in [-0.4, -0.2) is 30.6 Å². The molecule has 1 saturated heterocycles. The molecule has 1 heterocycles. The Labute approximate surface area is 81.5 Å². The maximum atomic E-state index is 5.76. The zero-order valence-electron chi connectivity index (χ0n) is 8.71. The first-order valence-electron chi connectivity index (χ1n) is 5.73. The molecule has 2 fully saturated rings. The molecule has 0 amide bonds. The van der Waals surface area contributed by atoms with E-state index in [-0.39, 0.29) is 0 Å². The fourth-order valence-electron chi connectivity index (χ4n) is 2.90. The first kappa shape index (κ1) is 9.47. The van der Waals surface area contributed by atoms with Crippen molar-refractivity contribution < 1.29 is 0 Å². The third kappa shape index (κ3) is 2.23. The maximum absolute atomic E-state index is 5.76. The minimum Gasteiger partial charge on any atom is -0.328 e. The number of nitrogens with two attached hydrogens (primary N) is 1. The summed E-state index contributed by atoms with van der Waals surface area (Å²) in [4.78, 5) is 2.62. The van der Waals surface area contributed by atoms with Crippen molar-refractivity contribution in [2.24, 2.45) is 17.6 Å². The van der Waals surface area contributed by atoms with Crippen molar-refractivity contribution in [1.29, 1.82) is 0 Å². The molecule has 0 aromatic rings. The molecule has 2 N–H and O–H groups in total. The Morgan fingerprint density at radius 1 is 1.31 bits per heavy atom. The molecule has 3 atom stereocenters. The second kappa shape index (κ2) is 3.97. The highest BCUT2D eigenvalue weighted by molar-refractivity contribution is 4.88. The van der Waals surface area contributed by atoms with Crippen LogP contribution in [-0.2, 0) is 0 Å². The zero-order valence-corrected chi connectivity index (χ0v) is 8.71. The van der Waals surface area contributed by atoms with Crippen LogP contribution >= 0.6 is 0 Å². The van der Waals surface area contributed by atoms with Crippen molar-refractivity contribution in [3.8, 4) is 0 Å². The van der Waals surface area contributed by atoms with Crippen molar-refractivity contribution in [2.45, 2.75) is 38.6 Å². The number of hydrogen-bond acceptors (Lipinski definition) is 2. The third-order valence-electron chi connectivity index (χ3n) is 3.70. The van der Waals surface area contributed by atoms with E-state index >= 15 is 0 Å². The molecule has 1 aliphatic carbocycles. The van der Waals surface area contributed by atoms with E-state index in [1.54, 1.807) is 0 Å². The fourth-order valence-corrected chi connectivity index (χ4v) is 2.90. The van der Waals surface area contributed by atoms with Crippen molar-refractivity contribution in [2.75, 3.05) is 19.6 Å². The molecule has 0 spiro atoms. The predicted octanol–water partition coefficient (Wildman–Crippen LogP) is 1.46. The van der Waals surface area contributed by atoms with Crippen molar-refractivity contribution in [3.05, 3.63) is 0 Å². The van der Waals surface area contributed by atoms with Crippen LogP contribution in [0.3, 0.4) is 0 Å². The summed E-state index contributed by atoms with van der Waals surface area (Å²) in [6.07, 6.45) is 5.62. The zero-order chi connectivity index (χ0) is 9.26. The van der Waals surface area contributed by atoms with E-state index < -0.39 is 0 Å². The molecular weight excluding hydrogens is 160 g/mol. The lowest BCUT2D eigenvalue weighted by atomic mass is 10.0. The van der Waals surface area contributed by atoms with Crippen molar-refractivity contribution in [3.63, 3.8) is 0 Å². The third-order valence-corrected chi connectivity index (χ3v) is 3.70. The minimum atomic E-state index is 0.375. The lowest BCUT2D eigenvalue weighted by Gasteiger charge is -2.17. The van der Waals surface area contributed by atoms with Crippen LogP contribution in [0.4, 0.5) is 0 Å². The number of rotatable bonds is 3. The van der Waals surface area contributed by atoms with Gasteiger partial charge in [0.05, 0.1) is 0 Å². The summed E-state index contributed by atoms with van der Waals surface area (Å²) in [7, 11) is 0. The van der Waals surface area contributed by atoms with Crippen LogP contribution in [0.1, 0.15) is 32.6 Å². The van der Waals surface area contributed by atoms with Crippen molar-refractivity contribution >= 4 is 0 Å². The lowest BCUT2D eigenvalue weighted by Crippen LogP contribution is -2.28. The van der Waals surface area contributed by atoms with Crippen LogP contribution < -0.4 is 5.73 Å². The molecule has 2 heteroatoms. The maximum Gasteiger partial charge on any atom is 0.00226 e. The van der Waals surface area contributed by atoms with E-state index in [1.165, 1.54) is 45.3 Å². The summed E-state index contributed by atoms with van der Waals surface area (Å²) in [5, 5.41) is 0. The van der Waals surface area contributed by atoms with Crippen LogP contribution in [0.5, 0.6) is 0 Å². The Morgan fingerprint density at radius 3 is 2.46 bits per heavy atom.